The van der Waals surface area contributed by atoms with Crippen molar-refractivity contribution in [2.75, 3.05) is 5.01 Å². The van der Waals surface area contributed by atoms with Crippen molar-refractivity contribution in [2.24, 2.45) is 5.84 Å². The van der Waals surface area contributed by atoms with Crippen molar-refractivity contribution in [3.63, 3.8) is 0 Å². The van der Waals surface area contributed by atoms with E-state index in [4.69, 9.17) is 5.84 Å². The maximum absolute atomic E-state index is 6.67. The van der Waals surface area contributed by atoms with Crippen LogP contribution in [0.4, 0.5) is 5.69 Å². The zero-order chi connectivity index (χ0) is 17.3. The minimum absolute atomic E-state index is 0.0762. The molecule has 2 atom stereocenters. The molecule has 1 heterocycles. The summed E-state index contributed by atoms with van der Waals surface area (Å²) in [6.45, 7) is 11.6. The van der Waals surface area contributed by atoms with E-state index in [1.165, 1.54) is 27.9 Å². The van der Waals surface area contributed by atoms with Crippen LogP contribution >= 0.6 is 0 Å². The van der Waals surface area contributed by atoms with Gasteiger partial charge in [0.15, 0.2) is 0 Å². The maximum Gasteiger partial charge on any atom is 0.0671 e. The molecule has 0 bridgehead atoms. The quantitative estimate of drug-likeness (QED) is 0.714. The lowest BCUT2D eigenvalue weighted by Gasteiger charge is -2.49. The monoisotopic (exact) mass is 320 g/mol. The molecule has 126 valence electrons. The highest BCUT2D eigenvalue weighted by molar-refractivity contribution is 5.71. The predicted molar refractivity (Wildman–Crippen MR) is 101 cm³/mol. The fraction of sp³-hybridized carbons (Fsp3) is 0.455. The first-order valence-electron chi connectivity index (χ1n) is 8.98. The van der Waals surface area contributed by atoms with Gasteiger partial charge in [-0.2, -0.15) is 0 Å². The highest BCUT2D eigenvalue weighted by Crippen LogP contribution is 2.58. The lowest BCUT2D eigenvalue weighted by molar-refractivity contribution is 0.270. The van der Waals surface area contributed by atoms with Crippen LogP contribution in [0.3, 0.4) is 0 Å². The van der Waals surface area contributed by atoms with E-state index in [1.807, 2.05) is 5.01 Å². The molecule has 2 aromatic carbocycles. The average Bonchev–Trinajstić information content (AvgIpc) is 2.73. The molecule has 4 rings (SSSR count). The molecule has 0 saturated carbocycles. The van der Waals surface area contributed by atoms with E-state index < -0.39 is 0 Å². The van der Waals surface area contributed by atoms with E-state index in [0.29, 0.717) is 0 Å². The highest BCUT2D eigenvalue weighted by atomic mass is 15.5. The van der Waals surface area contributed by atoms with Gasteiger partial charge in [0, 0.05) is 5.41 Å². The number of hydrogen-bond acceptors (Lipinski definition) is 2. The van der Waals surface area contributed by atoms with Gasteiger partial charge < -0.3 is 5.01 Å². The van der Waals surface area contributed by atoms with Gasteiger partial charge in [0.25, 0.3) is 0 Å². The van der Waals surface area contributed by atoms with Gasteiger partial charge in [0.05, 0.1) is 11.2 Å². The van der Waals surface area contributed by atoms with E-state index in [2.05, 4.69) is 77.1 Å². The number of nitrogens with zero attached hydrogens (tertiary/aromatic N) is 1. The second kappa shape index (κ2) is 4.64. The molecule has 0 aromatic heterocycles. The first-order chi connectivity index (χ1) is 11.2. The molecule has 2 aromatic rings. The molecule has 2 heteroatoms. The standard InChI is InChI=1S/C22H28N2/c1-20(2,3)16-10-11-19-18(14-16)22(5)17-9-7-6-8-15(17)12-13-21(22,4)24(19)23/h6-11,14H,12-13,23H2,1-5H3. The molecular weight excluding hydrogens is 292 g/mol. The van der Waals surface area contributed by atoms with Crippen molar-refractivity contribution in [3.05, 3.63) is 64.7 Å². The van der Waals surface area contributed by atoms with Gasteiger partial charge in [-0.3, -0.25) is 0 Å². The minimum atomic E-state index is -0.0831. The number of fused-ring (bicyclic) bond motifs is 5. The van der Waals surface area contributed by atoms with Crippen LogP contribution in [0.1, 0.15) is 63.3 Å². The van der Waals surface area contributed by atoms with Crippen molar-refractivity contribution >= 4 is 5.69 Å². The lowest BCUT2D eigenvalue weighted by atomic mass is 9.59. The van der Waals surface area contributed by atoms with E-state index in [-0.39, 0.29) is 16.4 Å². The van der Waals surface area contributed by atoms with Gasteiger partial charge in [-0.1, -0.05) is 57.2 Å². The van der Waals surface area contributed by atoms with Crippen molar-refractivity contribution in [3.8, 4) is 0 Å². The Kier molecular flexibility index (Phi) is 3.03. The molecule has 1 aliphatic carbocycles. The van der Waals surface area contributed by atoms with Crippen LogP contribution in [0.2, 0.25) is 0 Å². The number of hydrogen-bond donors (Lipinski definition) is 1. The number of hydrazine groups is 1. The van der Waals surface area contributed by atoms with Gasteiger partial charge in [-0.05, 0) is 60.4 Å². The van der Waals surface area contributed by atoms with Crippen LogP contribution in [0, 0.1) is 0 Å². The molecule has 0 spiro atoms. The second-order valence-electron chi connectivity index (χ2n) is 8.91. The number of benzene rings is 2. The highest BCUT2D eigenvalue weighted by Gasteiger charge is 2.58. The summed E-state index contributed by atoms with van der Waals surface area (Å²) in [6.07, 6.45) is 2.17. The van der Waals surface area contributed by atoms with E-state index in [9.17, 15) is 0 Å². The van der Waals surface area contributed by atoms with Gasteiger partial charge in [-0.25, -0.2) is 5.84 Å². The van der Waals surface area contributed by atoms with Gasteiger partial charge in [-0.15, -0.1) is 0 Å². The van der Waals surface area contributed by atoms with Crippen molar-refractivity contribution in [1.82, 2.24) is 0 Å². The number of nitrogens with two attached hydrogens (primary N) is 1. The first kappa shape index (κ1) is 15.7. The first-order valence-corrected chi connectivity index (χ1v) is 8.98. The summed E-state index contributed by atoms with van der Waals surface area (Å²) in [6, 6.07) is 15.8. The SMILES string of the molecule is CC(C)(C)c1ccc2c(c1)C1(C)c3ccccc3CCC1(C)N2N. The molecule has 2 N–H and O–H groups in total. The van der Waals surface area contributed by atoms with Crippen molar-refractivity contribution in [1.29, 1.82) is 0 Å². The molecule has 0 amide bonds. The summed E-state index contributed by atoms with van der Waals surface area (Å²) in [7, 11) is 0. The van der Waals surface area contributed by atoms with Crippen molar-refractivity contribution < 1.29 is 0 Å². The second-order valence-corrected chi connectivity index (χ2v) is 8.91. The van der Waals surface area contributed by atoms with Crippen LogP contribution in [0.25, 0.3) is 0 Å². The van der Waals surface area contributed by atoms with Crippen LogP contribution in [0.15, 0.2) is 42.5 Å². The Bertz CT molecular complexity index is 817. The number of aryl methyl sites for hydroxylation is 1. The molecule has 2 aliphatic rings. The van der Waals surface area contributed by atoms with Crippen LogP contribution in [0.5, 0.6) is 0 Å². The summed E-state index contributed by atoms with van der Waals surface area (Å²) in [5.74, 6) is 6.67. The van der Waals surface area contributed by atoms with Gasteiger partial charge >= 0.3 is 0 Å². The maximum atomic E-state index is 6.67. The Morgan fingerprint density at radius 1 is 1.00 bits per heavy atom. The Hall–Kier alpha value is -1.80. The minimum Gasteiger partial charge on any atom is -0.304 e. The fourth-order valence-corrected chi connectivity index (χ4v) is 4.82. The summed E-state index contributed by atoms with van der Waals surface area (Å²) in [5.41, 5.74) is 6.84. The largest absolute Gasteiger partial charge is 0.304 e. The lowest BCUT2D eigenvalue weighted by Crippen LogP contribution is -2.60. The molecule has 0 radical (unpaired) electrons. The normalized spacial score (nSPS) is 28.3. The smallest absolute Gasteiger partial charge is 0.0671 e. The topological polar surface area (TPSA) is 29.3 Å². The number of rotatable bonds is 0. The van der Waals surface area contributed by atoms with Gasteiger partial charge in [0.1, 0.15) is 0 Å². The summed E-state index contributed by atoms with van der Waals surface area (Å²) < 4.78 is 0. The summed E-state index contributed by atoms with van der Waals surface area (Å²) in [5, 5.41) is 2.05. The predicted octanol–water partition coefficient (Wildman–Crippen LogP) is 4.69. The average molecular weight is 320 g/mol. The summed E-state index contributed by atoms with van der Waals surface area (Å²) >= 11 is 0. The van der Waals surface area contributed by atoms with Crippen LogP contribution < -0.4 is 10.9 Å². The zero-order valence-electron chi connectivity index (χ0n) is 15.5. The third-order valence-corrected chi connectivity index (χ3v) is 6.71. The molecule has 0 saturated heterocycles. The Labute approximate surface area is 145 Å². The van der Waals surface area contributed by atoms with Crippen LogP contribution in [-0.4, -0.2) is 5.54 Å². The molecule has 2 nitrogen and oxygen atoms in total. The zero-order valence-corrected chi connectivity index (χ0v) is 15.5. The molecule has 24 heavy (non-hydrogen) atoms. The molecule has 2 unspecified atom stereocenters. The van der Waals surface area contributed by atoms with Crippen molar-refractivity contribution in [2.45, 2.75) is 63.8 Å². The third kappa shape index (κ3) is 1.75. The molecular formula is C22H28N2. The van der Waals surface area contributed by atoms with E-state index in [1.54, 1.807) is 0 Å². The van der Waals surface area contributed by atoms with Crippen LogP contribution in [-0.2, 0) is 17.3 Å². The number of anilines is 1. The molecule has 0 fully saturated rings. The third-order valence-electron chi connectivity index (χ3n) is 6.71. The molecule has 1 aliphatic heterocycles. The Morgan fingerprint density at radius 2 is 1.71 bits per heavy atom. The Balaban J connectivity index is 2.03. The van der Waals surface area contributed by atoms with Gasteiger partial charge in [0.2, 0.25) is 0 Å². The Morgan fingerprint density at radius 3 is 2.42 bits per heavy atom. The van der Waals surface area contributed by atoms with E-state index >= 15 is 0 Å². The fourth-order valence-electron chi connectivity index (χ4n) is 4.82. The van der Waals surface area contributed by atoms with E-state index in [0.717, 1.165) is 12.8 Å². The summed E-state index contributed by atoms with van der Waals surface area (Å²) in [4.78, 5) is 0.